The maximum Gasteiger partial charge on any atom is 0.326 e. The highest BCUT2D eigenvalue weighted by molar-refractivity contribution is 5.90. The summed E-state index contributed by atoms with van der Waals surface area (Å²) in [4.78, 5) is 39.8. The zero-order valence-corrected chi connectivity index (χ0v) is 15.0. The summed E-state index contributed by atoms with van der Waals surface area (Å²) < 4.78 is 0. The largest absolute Gasteiger partial charge is 0.480 e. The molecule has 0 saturated carbocycles. The van der Waals surface area contributed by atoms with Crippen LogP contribution < -0.4 is 5.32 Å². The second-order valence-corrected chi connectivity index (χ2v) is 7.11. The molecule has 2 aliphatic rings. The monoisotopic (exact) mass is 359 g/mol. The average Bonchev–Trinajstić information content (AvgIpc) is 3.11. The van der Waals surface area contributed by atoms with Gasteiger partial charge in [0.1, 0.15) is 6.04 Å². The van der Waals surface area contributed by atoms with Crippen LogP contribution in [0.25, 0.3) is 0 Å². The maximum atomic E-state index is 12.8. The minimum atomic E-state index is -0.944. The summed E-state index contributed by atoms with van der Waals surface area (Å²) in [6.45, 7) is 3.38. The third kappa shape index (κ3) is 3.98. The van der Waals surface area contributed by atoms with E-state index in [0.717, 1.165) is 17.7 Å². The number of benzene rings is 1. The lowest BCUT2D eigenvalue weighted by Gasteiger charge is -2.34. The third-order valence-electron chi connectivity index (χ3n) is 5.15. The number of nitrogens with one attached hydrogen (secondary N) is 1. The summed E-state index contributed by atoms with van der Waals surface area (Å²) in [6.07, 6.45) is 2.65. The molecule has 26 heavy (non-hydrogen) atoms. The standard InChI is InChI=1S/C19H25N3O4/c1-13-5-2-7-15(11-13)20-19(26)21-9-3-6-14(12-21)17(23)22-10-4-8-16(22)18(24)25/h2,5,7,11,14,16H,3-4,6,8-10,12H2,1H3,(H,20,26)(H,24,25). The highest BCUT2D eigenvalue weighted by Gasteiger charge is 2.38. The lowest BCUT2D eigenvalue weighted by atomic mass is 9.96. The number of amides is 3. The van der Waals surface area contributed by atoms with E-state index in [-0.39, 0.29) is 17.9 Å². The topological polar surface area (TPSA) is 90.0 Å². The van der Waals surface area contributed by atoms with Gasteiger partial charge in [-0.2, -0.15) is 0 Å². The van der Waals surface area contributed by atoms with E-state index in [1.165, 1.54) is 4.90 Å². The fraction of sp³-hybridized carbons (Fsp3) is 0.526. The van der Waals surface area contributed by atoms with Crippen molar-refractivity contribution in [3.8, 4) is 0 Å². The van der Waals surface area contributed by atoms with Crippen molar-refractivity contribution in [1.82, 2.24) is 9.80 Å². The zero-order chi connectivity index (χ0) is 18.7. The van der Waals surface area contributed by atoms with Gasteiger partial charge in [0.05, 0.1) is 5.92 Å². The molecule has 3 rings (SSSR count). The van der Waals surface area contributed by atoms with E-state index in [2.05, 4.69) is 5.32 Å². The molecule has 2 atom stereocenters. The Kier molecular flexibility index (Phi) is 5.44. The molecule has 0 aromatic heterocycles. The molecule has 2 heterocycles. The number of carbonyl (C=O) groups excluding carboxylic acids is 2. The molecule has 1 aromatic rings. The Morgan fingerprint density at radius 3 is 2.65 bits per heavy atom. The number of carboxylic acids is 1. The van der Waals surface area contributed by atoms with E-state index in [9.17, 15) is 19.5 Å². The predicted molar refractivity (Wildman–Crippen MR) is 96.9 cm³/mol. The van der Waals surface area contributed by atoms with Crippen LogP contribution in [0, 0.1) is 12.8 Å². The van der Waals surface area contributed by atoms with Gasteiger partial charge in [-0.3, -0.25) is 4.79 Å². The van der Waals surface area contributed by atoms with E-state index < -0.39 is 12.0 Å². The van der Waals surface area contributed by atoms with Crippen molar-refractivity contribution in [2.45, 2.75) is 38.6 Å². The number of carbonyl (C=O) groups is 3. The molecule has 1 aromatic carbocycles. The Balaban J connectivity index is 1.62. The number of carboxylic acid groups (broad SMARTS) is 1. The van der Waals surface area contributed by atoms with Crippen LogP contribution in [0.4, 0.5) is 10.5 Å². The second-order valence-electron chi connectivity index (χ2n) is 7.11. The van der Waals surface area contributed by atoms with Crippen molar-refractivity contribution >= 4 is 23.6 Å². The lowest BCUT2D eigenvalue weighted by Crippen LogP contribution is -2.50. The van der Waals surface area contributed by atoms with Crippen molar-refractivity contribution in [3.05, 3.63) is 29.8 Å². The van der Waals surface area contributed by atoms with E-state index in [1.54, 1.807) is 4.90 Å². The molecule has 0 spiro atoms. The minimum absolute atomic E-state index is 0.136. The second kappa shape index (κ2) is 7.76. The molecule has 7 heteroatoms. The van der Waals surface area contributed by atoms with Crippen LogP contribution in [-0.4, -0.2) is 58.5 Å². The summed E-state index contributed by atoms with van der Waals surface area (Å²) in [5.74, 6) is -1.41. The molecule has 0 aliphatic carbocycles. The van der Waals surface area contributed by atoms with Gasteiger partial charge in [0.2, 0.25) is 5.91 Å². The number of aryl methyl sites for hydroxylation is 1. The Hall–Kier alpha value is -2.57. The number of piperidine rings is 1. The van der Waals surface area contributed by atoms with Crippen LogP contribution in [0.5, 0.6) is 0 Å². The Bertz CT molecular complexity index is 706. The van der Waals surface area contributed by atoms with E-state index >= 15 is 0 Å². The van der Waals surface area contributed by atoms with Crippen molar-refractivity contribution in [2.75, 3.05) is 25.0 Å². The highest BCUT2D eigenvalue weighted by atomic mass is 16.4. The molecule has 2 saturated heterocycles. The predicted octanol–water partition coefficient (Wildman–Crippen LogP) is 2.31. The maximum absolute atomic E-state index is 12.8. The van der Waals surface area contributed by atoms with Crippen LogP contribution in [0.3, 0.4) is 0 Å². The van der Waals surface area contributed by atoms with Gasteiger partial charge in [-0.15, -0.1) is 0 Å². The van der Waals surface area contributed by atoms with E-state index in [0.29, 0.717) is 38.9 Å². The molecule has 0 bridgehead atoms. The first-order valence-corrected chi connectivity index (χ1v) is 9.11. The van der Waals surface area contributed by atoms with Gasteiger partial charge in [0, 0.05) is 25.3 Å². The van der Waals surface area contributed by atoms with Gasteiger partial charge in [0.15, 0.2) is 0 Å². The molecule has 2 aliphatic heterocycles. The molecule has 0 radical (unpaired) electrons. The first-order chi connectivity index (χ1) is 12.5. The molecule has 2 fully saturated rings. The van der Waals surface area contributed by atoms with Gasteiger partial charge in [-0.1, -0.05) is 12.1 Å². The smallest absolute Gasteiger partial charge is 0.326 e. The van der Waals surface area contributed by atoms with Crippen molar-refractivity contribution in [1.29, 1.82) is 0 Å². The highest BCUT2D eigenvalue weighted by Crippen LogP contribution is 2.25. The molecule has 2 unspecified atom stereocenters. The number of likely N-dealkylation sites (tertiary alicyclic amines) is 2. The number of aliphatic carboxylic acids is 1. The van der Waals surface area contributed by atoms with Crippen LogP contribution in [-0.2, 0) is 9.59 Å². The van der Waals surface area contributed by atoms with Crippen molar-refractivity contribution in [2.24, 2.45) is 5.92 Å². The van der Waals surface area contributed by atoms with Gasteiger partial charge >= 0.3 is 12.0 Å². The normalized spacial score (nSPS) is 23.0. The first kappa shape index (κ1) is 18.2. The van der Waals surface area contributed by atoms with Gasteiger partial charge in [-0.05, 0) is 50.3 Å². The number of hydrogen-bond donors (Lipinski definition) is 2. The number of urea groups is 1. The molecule has 2 N–H and O–H groups in total. The summed E-state index contributed by atoms with van der Waals surface area (Å²) in [7, 11) is 0. The lowest BCUT2D eigenvalue weighted by molar-refractivity contribution is -0.150. The molecular formula is C19H25N3O4. The SMILES string of the molecule is Cc1cccc(NC(=O)N2CCCC(C(=O)N3CCCC3C(=O)O)C2)c1. The third-order valence-corrected chi connectivity index (χ3v) is 5.15. The van der Waals surface area contributed by atoms with Crippen LogP contribution >= 0.6 is 0 Å². The zero-order valence-electron chi connectivity index (χ0n) is 15.0. The summed E-state index contributed by atoms with van der Waals surface area (Å²) in [5, 5.41) is 12.2. The number of nitrogens with zero attached hydrogens (tertiary/aromatic N) is 2. The summed E-state index contributed by atoms with van der Waals surface area (Å²) in [6, 6.07) is 6.63. The van der Waals surface area contributed by atoms with Gasteiger partial charge in [0.25, 0.3) is 0 Å². The molecule has 7 nitrogen and oxygen atoms in total. The van der Waals surface area contributed by atoms with Crippen LogP contribution in [0.1, 0.15) is 31.2 Å². The first-order valence-electron chi connectivity index (χ1n) is 9.11. The fourth-order valence-electron chi connectivity index (χ4n) is 3.81. The van der Waals surface area contributed by atoms with Gasteiger partial charge < -0.3 is 20.2 Å². The van der Waals surface area contributed by atoms with Crippen LogP contribution in [0.15, 0.2) is 24.3 Å². The molecule has 140 valence electrons. The van der Waals surface area contributed by atoms with E-state index in [1.807, 2.05) is 31.2 Å². The minimum Gasteiger partial charge on any atom is -0.480 e. The quantitative estimate of drug-likeness (QED) is 0.867. The van der Waals surface area contributed by atoms with Crippen LogP contribution in [0.2, 0.25) is 0 Å². The Morgan fingerprint density at radius 2 is 1.92 bits per heavy atom. The average molecular weight is 359 g/mol. The Labute approximate surface area is 153 Å². The fourth-order valence-corrected chi connectivity index (χ4v) is 3.81. The summed E-state index contributed by atoms with van der Waals surface area (Å²) in [5.41, 5.74) is 1.79. The molecular weight excluding hydrogens is 334 g/mol. The van der Waals surface area contributed by atoms with Crippen molar-refractivity contribution < 1.29 is 19.5 Å². The van der Waals surface area contributed by atoms with Crippen molar-refractivity contribution in [3.63, 3.8) is 0 Å². The van der Waals surface area contributed by atoms with Gasteiger partial charge in [-0.25, -0.2) is 9.59 Å². The summed E-state index contributed by atoms with van der Waals surface area (Å²) >= 11 is 0. The number of hydrogen-bond acceptors (Lipinski definition) is 3. The number of rotatable bonds is 3. The molecule has 3 amide bonds. The Morgan fingerprint density at radius 1 is 1.15 bits per heavy atom. The number of anilines is 1. The van der Waals surface area contributed by atoms with E-state index in [4.69, 9.17) is 0 Å².